The normalized spacial score (nSPS) is 10.6. The number of rotatable bonds is 9. The molecular formula is C23H24N2O6S2. The number of aryl methyl sites for hydroxylation is 1. The van der Waals surface area contributed by atoms with Crippen molar-refractivity contribution in [2.75, 3.05) is 18.5 Å². The third-order valence-electron chi connectivity index (χ3n) is 4.80. The third kappa shape index (κ3) is 5.96. The molecule has 174 valence electrons. The van der Waals surface area contributed by atoms with Crippen LogP contribution in [0, 0.1) is 13.8 Å². The van der Waals surface area contributed by atoms with Crippen LogP contribution in [0.5, 0.6) is 0 Å². The van der Waals surface area contributed by atoms with Crippen LogP contribution in [0.2, 0.25) is 0 Å². The van der Waals surface area contributed by atoms with E-state index >= 15 is 0 Å². The lowest BCUT2D eigenvalue weighted by Crippen LogP contribution is -2.23. The summed E-state index contributed by atoms with van der Waals surface area (Å²) in [5, 5.41) is 4.73. The summed E-state index contributed by atoms with van der Waals surface area (Å²) in [5.41, 5.74) is 2.67. The summed E-state index contributed by atoms with van der Waals surface area (Å²) in [7, 11) is 0. The number of nitrogens with one attached hydrogen (secondary N) is 1. The van der Waals surface area contributed by atoms with Gasteiger partial charge in [0, 0.05) is 22.5 Å². The van der Waals surface area contributed by atoms with Gasteiger partial charge >= 0.3 is 16.8 Å². The molecule has 1 N–H and O–H groups in total. The number of amides is 1. The SMILES string of the molecule is CCOC(=O)c1c(NC(=O)COC(=O)CCn2c(C)csc2=O)sc(-c2ccccc2)c1C. The van der Waals surface area contributed by atoms with Crippen molar-refractivity contribution in [3.63, 3.8) is 0 Å². The van der Waals surface area contributed by atoms with Crippen LogP contribution < -0.4 is 10.2 Å². The van der Waals surface area contributed by atoms with E-state index in [1.54, 1.807) is 26.2 Å². The van der Waals surface area contributed by atoms with Gasteiger partial charge in [-0.2, -0.15) is 0 Å². The first-order valence-corrected chi connectivity index (χ1v) is 12.0. The van der Waals surface area contributed by atoms with Crippen molar-refractivity contribution in [3.05, 3.63) is 62.2 Å². The fourth-order valence-corrected chi connectivity index (χ4v) is 5.15. The second-order valence-corrected chi connectivity index (χ2v) is 8.94. The molecule has 3 aromatic rings. The van der Waals surface area contributed by atoms with Crippen molar-refractivity contribution >= 4 is 45.5 Å². The van der Waals surface area contributed by atoms with Crippen molar-refractivity contribution in [2.45, 2.75) is 33.7 Å². The Morgan fingerprint density at radius 2 is 1.82 bits per heavy atom. The van der Waals surface area contributed by atoms with Gasteiger partial charge in [-0.05, 0) is 31.9 Å². The van der Waals surface area contributed by atoms with Gasteiger partial charge < -0.3 is 19.4 Å². The molecule has 8 nitrogen and oxygen atoms in total. The molecule has 0 unspecified atom stereocenters. The minimum Gasteiger partial charge on any atom is -0.462 e. The number of thiophene rings is 1. The fourth-order valence-electron chi connectivity index (χ4n) is 3.17. The van der Waals surface area contributed by atoms with Crippen LogP contribution in [-0.2, 0) is 25.6 Å². The number of anilines is 1. The van der Waals surface area contributed by atoms with E-state index in [1.807, 2.05) is 30.3 Å². The number of nitrogens with zero attached hydrogens (tertiary/aromatic N) is 1. The maximum absolute atomic E-state index is 12.6. The van der Waals surface area contributed by atoms with Gasteiger partial charge in [-0.15, -0.1) is 11.3 Å². The number of ether oxygens (including phenoxy) is 2. The number of carbonyl (C=O) groups excluding carboxylic acids is 3. The van der Waals surface area contributed by atoms with E-state index in [-0.39, 0.29) is 30.0 Å². The van der Waals surface area contributed by atoms with E-state index in [9.17, 15) is 19.2 Å². The molecule has 0 bridgehead atoms. The third-order valence-corrected chi connectivity index (χ3v) is 6.93. The zero-order chi connectivity index (χ0) is 24.0. The minimum atomic E-state index is -0.597. The molecule has 2 heterocycles. The summed E-state index contributed by atoms with van der Waals surface area (Å²) in [5.74, 6) is -1.70. The highest BCUT2D eigenvalue weighted by Gasteiger charge is 2.24. The molecule has 10 heteroatoms. The van der Waals surface area contributed by atoms with E-state index in [1.165, 1.54) is 15.9 Å². The number of aromatic nitrogens is 1. The van der Waals surface area contributed by atoms with E-state index in [0.29, 0.717) is 10.6 Å². The number of thiazole rings is 1. The molecular weight excluding hydrogens is 464 g/mol. The highest BCUT2D eigenvalue weighted by atomic mass is 32.1. The van der Waals surface area contributed by atoms with E-state index in [4.69, 9.17) is 9.47 Å². The van der Waals surface area contributed by atoms with Crippen molar-refractivity contribution in [1.29, 1.82) is 0 Å². The largest absolute Gasteiger partial charge is 0.462 e. The fraction of sp³-hybridized carbons (Fsp3) is 0.304. The molecule has 0 atom stereocenters. The topological polar surface area (TPSA) is 104 Å². The van der Waals surface area contributed by atoms with Crippen LogP contribution in [-0.4, -0.2) is 35.6 Å². The molecule has 1 amide bonds. The second-order valence-electron chi connectivity index (χ2n) is 7.10. The van der Waals surface area contributed by atoms with Gasteiger partial charge in [0.05, 0.1) is 18.6 Å². The second kappa shape index (κ2) is 11.1. The predicted molar refractivity (Wildman–Crippen MR) is 128 cm³/mol. The highest BCUT2D eigenvalue weighted by Crippen LogP contribution is 2.40. The molecule has 1 aromatic carbocycles. The summed E-state index contributed by atoms with van der Waals surface area (Å²) in [6, 6.07) is 9.51. The van der Waals surface area contributed by atoms with Gasteiger partial charge in [-0.1, -0.05) is 41.7 Å². The lowest BCUT2D eigenvalue weighted by atomic mass is 10.1. The summed E-state index contributed by atoms with van der Waals surface area (Å²) >= 11 is 2.32. The zero-order valence-electron chi connectivity index (χ0n) is 18.5. The Kier molecular flexibility index (Phi) is 8.18. The standard InChI is InChI=1S/C23H24N2O6S2/c1-4-30-22(28)19-15(3)20(16-8-6-5-7-9-16)33-21(19)24-17(26)12-31-18(27)10-11-25-14(2)13-32-23(25)29/h5-9,13H,4,10-12H2,1-3H3,(H,24,26). The maximum Gasteiger partial charge on any atom is 0.341 e. The molecule has 33 heavy (non-hydrogen) atoms. The van der Waals surface area contributed by atoms with Gasteiger partial charge in [0.15, 0.2) is 6.61 Å². The molecule has 0 saturated carbocycles. The van der Waals surface area contributed by atoms with E-state index < -0.39 is 24.5 Å². The molecule has 0 saturated heterocycles. The van der Waals surface area contributed by atoms with Crippen LogP contribution in [0.4, 0.5) is 5.00 Å². The summed E-state index contributed by atoms with van der Waals surface area (Å²) in [6.07, 6.45) is -0.0326. The molecule has 0 aliphatic carbocycles. The summed E-state index contributed by atoms with van der Waals surface area (Å²) in [6.45, 7) is 5.18. The first-order chi connectivity index (χ1) is 15.8. The Balaban J connectivity index is 1.67. The van der Waals surface area contributed by atoms with Crippen molar-refractivity contribution in [3.8, 4) is 10.4 Å². The summed E-state index contributed by atoms with van der Waals surface area (Å²) < 4.78 is 11.7. The Morgan fingerprint density at radius 3 is 2.45 bits per heavy atom. The van der Waals surface area contributed by atoms with Crippen LogP contribution >= 0.6 is 22.7 Å². The van der Waals surface area contributed by atoms with Gasteiger partial charge in [0.2, 0.25) is 0 Å². The Morgan fingerprint density at radius 1 is 1.09 bits per heavy atom. The van der Waals surface area contributed by atoms with Gasteiger partial charge in [0.1, 0.15) is 5.00 Å². The maximum atomic E-state index is 12.6. The van der Waals surface area contributed by atoms with Gasteiger partial charge in [0.25, 0.3) is 5.91 Å². The Labute approximate surface area is 198 Å². The molecule has 0 radical (unpaired) electrons. The van der Waals surface area contributed by atoms with Crippen LogP contribution in [0.25, 0.3) is 10.4 Å². The summed E-state index contributed by atoms with van der Waals surface area (Å²) in [4.78, 5) is 49.5. The first-order valence-electron chi connectivity index (χ1n) is 10.3. The number of hydrogen-bond acceptors (Lipinski definition) is 8. The minimum absolute atomic E-state index is 0.0326. The average molecular weight is 489 g/mol. The van der Waals surface area contributed by atoms with Crippen LogP contribution in [0.3, 0.4) is 0 Å². The molecule has 0 aliphatic rings. The van der Waals surface area contributed by atoms with Gasteiger partial charge in [-0.3, -0.25) is 14.4 Å². The Hall–Kier alpha value is -3.24. The molecule has 0 spiro atoms. The van der Waals surface area contributed by atoms with Crippen molar-refractivity contribution < 1.29 is 23.9 Å². The quantitative estimate of drug-likeness (QED) is 0.457. The molecule has 2 aromatic heterocycles. The van der Waals surface area contributed by atoms with Crippen molar-refractivity contribution in [1.82, 2.24) is 4.57 Å². The first kappa shape index (κ1) is 24.4. The zero-order valence-corrected chi connectivity index (χ0v) is 20.1. The lowest BCUT2D eigenvalue weighted by Gasteiger charge is -2.08. The highest BCUT2D eigenvalue weighted by molar-refractivity contribution is 7.20. The lowest BCUT2D eigenvalue weighted by molar-refractivity contribution is -0.147. The van der Waals surface area contributed by atoms with E-state index in [0.717, 1.165) is 27.5 Å². The van der Waals surface area contributed by atoms with Crippen LogP contribution in [0.1, 0.15) is 35.0 Å². The number of carbonyl (C=O) groups is 3. The van der Waals surface area contributed by atoms with Gasteiger partial charge in [-0.25, -0.2) is 4.79 Å². The number of hydrogen-bond donors (Lipinski definition) is 1. The number of esters is 2. The molecule has 0 aliphatic heterocycles. The monoisotopic (exact) mass is 488 g/mol. The van der Waals surface area contributed by atoms with Crippen molar-refractivity contribution in [2.24, 2.45) is 0 Å². The molecule has 3 rings (SSSR count). The average Bonchev–Trinajstić information content (AvgIpc) is 3.29. The molecule has 0 fully saturated rings. The predicted octanol–water partition coefficient (Wildman–Crippen LogP) is 4.00. The van der Waals surface area contributed by atoms with E-state index in [2.05, 4.69) is 5.32 Å². The van der Waals surface area contributed by atoms with Crippen LogP contribution in [0.15, 0.2) is 40.5 Å². The Bertz CT molecular complexity index is 1210. The number of benzene rings is 1. The smallest absolute Gasteiger partial charge is 0.341 e.